The molecule has 0 heterocycles. The third kappa shape index (κ3) is 2.83. The van der Waals surface area contributed by atoms with Gasteiger partial charge >= 0.3 is 0 Å². The zero-order valence-electron chi connectivity index (χ0n) is 11.1. The second-order valence-electron chi connectivity index (χ2n) is 4.85. The molecule has 0 aliphatic heterocycles. The van der Waals surface area contributed by atoms with Gasteiger partial charge < -0.3 is 10.5 Å². The first-order valence-electron chi connectivity index (χ1n) is 6.20. The molecule has 0 saturated carbocycles. The van der Waals surface area contributed by atoms with E-state index in [2.05, 4.69) is 26.0 Å². The van der Waals surface area contributed by atoms with Crippen molar-refractivity contribution in [1.82, 2.24) is 0 Å². The van der Waals surface area contributed by atoms with Crippen LogP contribution in [0.25, 0.3) is 0 Å². The Morgan fingerprint density at radius 2 is 1.67 bits per heavy atom. The van der Waals surface area contributed by atoms with Gasteiger partial charge in [-0.25, -0.2) is 0 Å². The SMILES string of the molecule is Cc1ccc(N)cc1Oc1ccc(C(C)C)cc1. The van der Waals surface area contributed by atoms with Crippen LogP contribution in [-0.4, -0.2) is 0 Å². The summed E-state index contributed by atoms with van der Waals surface area (Å²) >= 11 is 0. The molecule has 2 aromatic rings. The molecule has 0 aliphatic carbocycles. The summed E-state index contributed by atoms with van der Waals surface area (Å²) in [5.41, 5.74) is 8.87. The molecule has 2 heteroatoms. The molecule has 0 aliphatic rings. The normalized spacial score (nSPS) is 10.7. The number of nitrogen functional groups attached to an aromatic ring is 1. The molecule has 0 aromatic heterocycles. The van der Waals surface area contributed by atoms with E-state index in [1.807, 2.05) is 37.3 Å². The maximum absolute atomic E-state index is 5.84. The number of benzene rings is 2. The van der Waals surface area contributed by atoms with Gasteiger partial charge in [0.2, 0.25) is 0 Å². The Hall–Kier alpha value is -1.96. The Balaban J connectivity index is 2.21. The number of hydrogen-bond donors (Lipinski definition) is 1. The first-order valence-corrected chi connectivity index (χ1v) is 6.20. The lowest BCUT2D eigenvalue weighted by Crippen LogP contribution is -1.92. The molecule has 0 atom stereocenters. The Kier molecular flexibility index (Phi) is 3.56. The summed E-state index contributed by atoms with van der Waals surface area (Å²) < 4.78 is 5.84. The van der Waals surface area contributed by atoms with Crippen molar-refractivity contribution >= 4 is 5.69 Å². The van der Waals surface area contributed by atoms with Gasteiger partial charge in [0.05, 0.1) is 0 Å². The molecule has 2 rings (SSSR count). The second kappa shape index (κ2) is 5.13. The average molecular weight is 241 g/mol. The summed E-state index contributed by atoms with van der Waals surface area (Å²) in [6, 6.07) is 13.9. The molecule has 0 saturated heterocycles. The van der Waals surface area contributed by atoms with Gasteiger partial charge in [-0.3, -0.25) is 0 Å². The molecule has 2 aromatic carbocycles. The van der Waals surface area contributed by atoms with E-state index in [1.165, 1.54) is 5.56 Å². The van der Waals surface area contributed by atoms with E-state index in [0.29, 0.717) is 5.92 Å². The van der Waals surface area contributed by atoms with Crippen molar-refractivity contribution in [2.45, 2.75) is 26.7 Å². The highest BCUT2D eigenvalue weighted by molar-refractivity contribution is 5.49. The Bertz CT molecular complexity index is 529. The molecule has 18 heavy (non-hydrogen) atoms. The lowest BCUT2D eigenvalue weighted by atomic mass is 10.0. The molecule has 0 fully saturated rings. The highest BCUT2D eigenvalue weighted by Gasteiger charge is 2.03. The van der Waals surface area contributed by atoms with Crippen LogP contribution in [0.3, 0.4) is 0 Å². The summed E-state index contributed by atoms with van der Waals surface area (Å²) in [7, 11) is 0. The zero-order valence-corrected chi connectivity index (χ0v) is 11.1. The fourth-order valence-corrected chi connectivity index (χ4v) is 1.77. The summed E-state index contributed by atoms with van der Waals surface area (Å²) in [4.78, 5) is 0. The van der Waals surface area contributed by atoms with Gasteiger partial charge in [0.25, 0.3) is 0 Å². The molecule has 0 spiro atoms. The summed E-state index contributed by atoms with van der Waals surface area (Å²) in [6.45, 7) is 6.37. The van der Waals surface area contributed by atoms with Gasteiger partial charge in [0.15, 0.2) is 0 Å². The van der Waals surface area contributed by atoms with E-state index in [0.717, 1.165) is 22.7 Å². The van der Waals surface area contributed by atoms with Gasteiger partial charge in [-0.15, -0.1) is 0 Å². The van der Waals surface area contributed by atoms with Crippen molar-refractivity contribution in [2.75, 3.05) is 5.73 Å². The fourth-order valence-electron chi connectivity index (χ4n) is 1.77. The van der Waals surface area contributed by atoms with Crippen LogP contribution in [0.1, 0.15) is 30.9 Å². The van der Waals surface area contributed by atoms with E-state index in [-0.39, 0.29) is 0 Å². The van der Waals surface area contributed by atoms with Gasteiger partial charge in [0, 0.05) is 11.8 Å². The highest BCUT2D eigenvalue weighted by Crippen LogP contribution is 2.28. The Morgan fingerprint density at radius 3 is 2.28 bits per heavy atom. The van der Waals surface area contributed by atoms with Crippen molar-refractivity contribution < 1.29 is 4.74 Å². The first-order chi connectivity index (χ1) is 8.56. The van der Waals surface area contributed by atoms with Crippen molar-refractivity contribution in [3.8, 4) is 11.5 Å². The third-order valence-corrected chi connectivity index (χ3v) is 2.99. The van der Waals surface area contributed by atoms with Crippen LogP contribution in [0.2, 0.25) is 0 Å². The number of ether oxygens (including phenoxy) is 1. The minimum absolute atomic E-state index is 0.535. The van der Waals surface area contributed by atoms with Gasteiger partial charge in [-0.05, 0) is 42.2 Å². The van der Waals surface area contributed by atoms with E-state index >= 15 is 0 Å². The maximum atomic E-state index is 5.84. The molecule has 0 amide bonds. The lowest BCUT2D eigenvalue weighted by Gasteiger charge is -2.11. The average Bonchev–Trinajstić information content (AvgIpc) is 2.34. The van der Waals surface area contributed by atoms with Crippen LogP contribution >= 0.6 is 0 Å². The standard InChI is InChI=1S/C16H19NO/c1-11(2)13-5-8-15(9-6-13)18-16-10-14(17)7-4-12(16)3/h4-11H,17H2,1-3H3. The maximum Gasteiger partial charge on any atom is 0.132 e. The molecular formula is C16H19NO. The molecule has 2 nitrogen and oxygen atoms in total. The number of hydrogen-bond acceptors (Lipinski definition) is 2. The van der Waals surface area contributed by atoms with Crippen molar-refractivity contribution in [2.24, 2.45) is 0 Å². The van der Waals surface area contributed by atoms with E-state index < -0.39 is 0 Å². The van der Waals surface area contributed by atoms with Crippen LogP contribution in [0.4, 0.5) is 5.69 Å². The first kappa shape index (κ1) is 12.5. The number of rotatable bonds is 3. The van der Waals surface area contributed by atoms with Crippen LogP contribution < -0.4 is 10.5 Å². The molecule has 94 valence electrons. The minimum atomic E-state index is 0.535. The van der Waals surface area contributed by atoms with Crippen molar-refractivity contribution in [3.05, 3.63) is 53.6 Å². The van der Waals surface area contributed by atoms with Crippen LogP contribution in [0, 0.1) is 6.92 Å². The molecular weight excluding hydrogens is 222 g/mol. The zero-order chi connectivity index (χ0) is 13.1. The largest absolute Gasteiger partial charge is 0.457 e. The topological polar surface area (TPSA) is 35.2 Å². The second-order valence-corrected chi connectivity index (χ2v) is 4.85. The molecule has 2 N–H and O–H groups in total. The fraction of sp³-hybridized carbons (Fsp3) is 0.250. The Labute approximate surface area is 108 Å². The minimum Gasteiger partial charge on any atom is -0.457 e. The summed E-state index contributed by atoms with van der Waals surface area (Å²) in [5.74, 6) is 2.19. The van der Waals surface area contributed by atoms with Crippen LogP contribution in [-0.2, 0) is 0 Å². The predicted molar refractivity (Wildman–Crippen MR) is 76.2 cm³/mol. The third-order valence-electron chi connectivity index (χ3n) is 2.99. The number of nitrogens with two attached hydrogens (primary N) is 1. The number of aryl methyl sites for hydroxylation is 1. The predicted octanol–water partition coefficient (Wildman–Crippen LogP) is 4.49. The highest BCUT2D eigenvalue weighted by atomic mass is 16.5. The van der Waals surface area contributed by atoms with Gasteiger partial charge in [0.1, 0.15) is 11.5 Å². The van der Waals surface area contributed by atoms with Gasteiger partial charge in [-0.2, -0.15) is 0 Å². The van der Waals surface area contributed by atoms with Crippen LogP contribution in [0.5, 0.6) is 11.5 Å². The van der Waals surface area contributed by atoms with Crippen LogP contribution in [0.15, 0.2) is 42.5 Å². The van der Waals surface area contributed by atoms with E-state index in [9.17, 15) is 0 Å². The molecule has 0 unspecified atom stereocenters. The molecule has 0 radical (unpaired) electrons. The van der Waals surface area contributed by atoms with Crippen molar-refractivity contribution in [3.63, 3.8) is 0 Å². The smallest absolute Gasteiger partial charge is 0.132 e. The van der Waals surface area contributed by atoms with E-state index in [1.54, 1.807) is 0 Å². The molecule has 0 bridgehead atoms. The monoisotopic (exact) mass is 241 g/mol. The quantitative estimate of drug-likeness (QED) is 0.803. The van der Waals surface area contributed by atoms with E-state index in [4.69, 9.17) is 10.5 Å². The summed E-state index contributed by atoms with van der Waals surface area (Å²) in [5, 5.41) is 0. The van der Waals surface area contributed by atoms with Gasteiger partial charge in [-0.1, -0.05) is 32.0 Å². The number of anilines is 1. The van der Waals surface area contributed by atoms with Crippen molar-refractivity contribution in [1.29, 1.82) is 0 Å². The Morgan fingerprint density at radius 1 is 1.00 bits per heavy atom. The summed E-state index contributed by atoms with van der Waals surface area (Å²) in [6.07, 6.45) is 0. The lowest BCUT2D eigenvalue weighted by molar-refractivity contribution is 0.479.